The van der Waals surface area contributed by atoms with Gasteiger partial charge in [-0.25, -0.2) is 0 Å². The van der Waals surface area contributed by atoms with Crippen LogP contribution in [-0.4, -0.2) is 11.4 Å². The van der Waals surface area contributed by atoms with Crippen LogP contribution in [0.2, 0.25) is 0 Å². The number of rotatable bonds is 1. The van der Waals surface area contributed by atoms with Crippen LogP contribution in [0.15, 0.2) is 0 Å². The molecule has 12 heavy (non-hydrogen) atoms. The zero-order valence-electron chi connectivity index (χ0n) is 8.69. The highest BCUT2D eigenvalue weighted by Crippen LogP contribution is 2.41. The maximum Gasteiger partial charge on any atom is 0.226 e. The summed E-state index contributed by atoms with van der Waals surface area (Å²) in [7, 11) is 0. The molecule has 2 heteroatoms. The Morgan fingerprint density at radius 1 is 1.33 bits per heavy atom. The van der Waals surface area contributed by atoms with Crippen LogP contribution < -0.4 is 5.32 Å². The topological polar surface area (TPSA) is 29.1 Å². The number of amides is 1. The second-order valence-corrected chi connectivity index (χ2v) is 5.09. The van der Waals surface area contributed by atoms with Crippen LogP contribution in [0.4, 0.5) is 0 Å². The van der Waals surface area contributed by atoms with Crippen molar-refractivity contribution in [3.05, 3.63) is 0 Å². The second kappa shape index (κ2) is 2.48. The molecule has 2 nitrogen and oxygen atoms in total. The van der Waals surface area contributed by atoms with E-state index in [-0.39, 0.29) is 16.9 Å². The Morgan fingerprint density at radius 3 is 2.00 bits per heavy atom. The van der Waals surface area contributed by atoms with Crippen molar-refractivity contribution in [1.82, 2.24) is 5.32 Å². The van der Waals surface area contributed by atoms with Crippen LogP contribution in [0.25, 0.3) is 0 Å². The fourth-order valence-corrected chi connectivity index (χ4v) is 1.96. The van der Waals surface area contributed by atoms with Gasteiger partial charge in [-0.05, 0) is 26.2 Å². The molecule has 0 aromatic rings. The number of nitrogens with one attached hydrogen (secondary N) is 1. The lowest BCUT2D eigenvalue weighted by molar-refractivity contribution is -0.128. The minimum absolute atomic E-state index is 0.0178. The number of hydrogen-bond acceptors (Lipinski definition) is 1. The average molecular weight is 169 g/mol. The number of hydrogen-bond donors (Lipinski definition) is 1. The summed E-state index contributed by atoms with van der Waals surface area (Å²) in [4.78, 5) is 11.6. The van der Waals surface area contributed by atoms with E-state index in [4.69, 9.17) is 0 Å². The van der Waals surface area contributed by atoms with Crippen LogP contribution in [0.3, 0.4) is 0 Å². The van der Waals surface area contributed by atoms with Gasteiger partial charge in [0.1, 0.15) is 0 Å². The van der Waals surface area contributed by atoms with E-state index in [1.54, 1.807) is 0 Å². The van der Waals surface area contributed by atoms with Gasteiger partial charge in [-0.1, -0.05) is 20.8 Å². The van der Waals surface area contributed by atoms with Gasteiger partial charge in [0.2, 0.25) is 5.91 Å². The third-order valence-corrected chi connectivity index (χ3v) is 3.05. The summed E-state index contributed by atoms with van der Waals surface area (Å²) < 4.78 is 0. The molecule has 0 aliphatic carbocycles. The third-order valence-electron chi connectivity index (χ3n) is 3.05. The summed E-state index contributed by atoms with van der Waals surface area (Å²) in [6.45, 7) is 10.4. The van der Waals surface area contributed by atoms with E-state index in [9.17, 15) is 4.79 Å². The molecule has 0 radical (unpaired) electrons. The van der Waals surface area contributed by atoms with Crippen molar-refractivity contribution in [2.24, 2.45) is 11.3 Å². The summed E-state index contributed by atoms with van der Waals surface area (Å²) in [6, 6.07) is 0. The van der Waals surface area contributed by atoms with Gasteiger partial charge in [-0.3, -0.25) is 4.79 Å². The Bertz CT molecular complexity index is 208. The van der Waals surface area contributed by atoms with Gasteiger partial charge in [0.15, 0.2) is 0 Å². The minimum atomic E-state index is -0.163. The highest BCUT2D eigenvalue weighted by atomic mass is 16.2. The molecule has 1 atom stereocenters. The number of carbonyl (C=O) groups excluding carboxylic acids is 1. The zero-order chi connectivity index (χ0) is 9.57. The first-order valence-electron chi connectivity index (χ1n) is 4.60. The van der Waals surface area contributed by atoms with Gasteiger partial charge >= 0.3 is 0 Å². The molecule has 70 valence electrons. The fourth-order valence-electron chi connectivity index (χ4n) is 1.96. The highest BCUT2D eigenvalue weighted by molar-refractivity contribution is 5.85. The van der Waals surface area contributed by atoms with Crippen molar-refractivity contribution in [3.63, 3.8) is 0 Å². The van der Waals surface area contributed by atoms with E-state index >= 15 is 0 Å². The summed E-state index contributed by atoms with van der Waals surface area (Å²) in [6.07, 6.45) is 0.941. The maximum atomic E-state index is 11.6. The quantitative estimate of drug-likeness (QED) is 0.638. The van der Waals surface area contributed by atoms with Crippen molar-refractivity contribution in [2.75, 3.05) is 0 Å². The Kier molecular flexibility index (Phi) is 1.97. The number of carbonyl (C=O) groups is 1. The predicted molar refractivity (Wildman–Crippen MR) is 49.8 cm³/mol. The molecule has 1 fully saturated rings. The van der Waals surface area contributed by atoms with Crippen molar-refractivity contribution < 1.29 is 4.79 Å². The highest BCUT2D eigenvalue weighted by Gasteiger charge is 2.48. The van der Waals surface area contributed by atoms with Crippen molar-refractivity contribution in [1.29, 1.82) is 0 Å². The molecule has 1 amide bonds. The molecule has 0 aromatic heterocycles. The molecular weight excluding hydrogens is 150 g/mol. The summed E-state index contributed by atoms with van der Waals surface area (Å²) in [5.41, 5.74) is -0.181. The molecule has 1 heterocycles. The van der Waals surface area contributed by atoms with Crippen LogP contribution in [0.1, 0.15) is 41.0 Å². The fraction of sp³-hybridized carbons (Fsp3) is 0.900. The molecule has 0 spiro atoms. The van der Waals surface area contributed by atoms with Gasteiger partial charge in [-0.2, -0.15) is 0 Å². The minimum Gasteiger partial charge on any atom is -0.351 e. The van der Waals surface area contributed by atoms with E-state index in [1.165, 1.54) is 0 Å². The van der Waals surface area contributed by atoms with Crippen LogP contribution >= 0.6 is 0 Å². The van der Waals surface area contributed by atoms with Gasteiger partial charge in [0, 0.05) is 5.54 Å². The van der Waals surface area contributed by atoms with Gasteiger partial charge in [-0.15, -0.1) is 0 Å². The monoisotopic (exact) mass is 169 g/mol. The lowest BCUT2D eigenvalue weighted by atomic mass is 9.75. The van der Waals surface area contributed by atoms with Crippen LogP contribution in [0, 0.1) is 11.3 Å². The normalized spacial score (nSPS) is 34.0. The predicted octanol–water partition coefficient (Wildman–Crippen LogP) is 1.95. The lowest BCUT2D eigenvalue weighted by Crippen LogP contribution is -2.36. The first-order chi connectivity index (χ1) is 5.28. The SMILES string of the molecule is CC(C)[C@]1(C)CC(C)(C)NC1=O. The third kappa shape index (κ3) is 1.35. The largest absolute Gasteiger partial charge is 0.351 e. The van der Waals surface area contributed by atoms with E-state index in [1.807, 2.05) is 0 Å². The van der Waals surface area contributed by atoms with E-state index in [2.05, 4.69) is 39.9 Å². The first kappa shape index (κ1) is 9.56. The van der Waals surface area contributed by atoms with Crippen molar-refractivity contribution >= 4 is 5.91 Å². The van der Waals surface area contributed by atoms with E-state index < -0.39 is 0 Å². The maximum absolute atomic E-state index is 11.6. The van der Waals surface area contributed by atoms with E-state index in [0.29, 0.717) is 5.92 Å². The summed E-state index contributed by atoms with van der Waals surface area (Å²) in [5, 5.41) is 3.03. The van der Waals surface area contributed by atoms with Crippen LogP contribution in [0.5, 0.6) is 0 Å². The zero-order valence-corrected chi connectivity index (χ0v) is 8.69. The smallest absolute Gasteiger partial charge is 0.226 e. The second-order valence-electron chi connectivity index (χ2n) is 5.09. The summed E-state index contributed by atoms with van der Waals surface area (Å²) >= 11 is 0. The molecule has 0 aromatic carbocycles. The van der Waals surface area contributed by atoms with Crippen LogP contribution in [-0.2, 0) is 4.79 Å². The Hall–Kier alpha value is -0.530. The molecule has 0 saturated carbocycles. The van der Waals surface area contributed by atoms with Crippen molar-refractivity contribution in [2.45, 2.75) is 46.6 Å². The molecule has 0 unspecified atom stereocenters. The van der Waals surface area contributed by atoms with Gasteiger partial charge < -0.3 is 5.32 Å². The standard InChI is InChI=1S/C10H19NO/c1-7(2)10(5)6-9(3,4)11-8(10)12/h7H,6H2,1-5H3,(H,11,12)/t10-/m0/s1. The van der Waals surface area contributed by atoms with Gasteiger partial charge in [0.05, 0.1) is 5.41 Å². The van der Waals surface area contributed by atoms with Gasteiger partial charge in [0.25, 0.3) is 0 Å². The first-order valence-corrected chi connectivity index (χ1v) is 4.60. The lowest BCUT2D eigenvalue weighted by Gasteiger charge is -2.26. The molecule has 1 rings (SSSR count). The molecule has 1 N–H and O–H groups in total. The molecule has 0 bridgehead atoms. The molecule has 1 aliphatic heterocycles. The Balaban J connectivity index is 2.89. The Morgan fingerprint density at radius 2 is 1.83 bits per heavy atom. The average Bonchev–Trinajstić information content (AvgIpc) is 2.03. The Labute approximate surface area is 74.7 Å². The summed E-state index contributed by atoms with van der Waals surface area (Å²) in [5.74, 6) is 0.627. The van der Waals surface area contributed by atoms with Crippen molar-refractivity contribution in [3.8, 4) is 0 Å². The molecule has 1 saturated heterocycles. The molecule has 1 aliphatic rings. The molecular formula is C10H19NO. The van der Waals surface area contributed by atoms with E-state index in [0.717, 1.165) is 6.42 Å².